The van der Waals surface area contributed by atoms with E-state index >= 15 is 0 Å². The number of hydrogen-bond acceptors (Lipinski definition) is 2. The maximum Gasteiger partial charge on any atom is 0.404 e. The van der Waals surface area contributed by atoms with Crippen molar-refractivity contribution < 1.29 is 15.0 Å². The molecule has 0 aliphatic rings. The lowest BCUT2D eigenvalue weighted by Gasteiger charge is -2.06. The van der Waals surface area contributed by atoms with Gasteiger partial charge in [-0.3, -0.25) is 0 Å². The van der Waals surface area contributed by atoms with E-state index in [1.165, 1.54) is 0 Å². The van der Waals surface area contributed by atoms with Crippen LogP contribution in [0.1, 0.15) is 16.7 Å². The third kappa shape index (κ3) is 2.91. The van der Waals surface area contributed by atoms with Gasteiger partial charge in [0.2, 0.25) is 0 Å². The second-order valence-electron chi connectivity index (χ2n) is 5.48. The van der Waals surface area contributed by atoms with E-state index in [-0.39, 0.29) is 13.2 Å². The van der Waals surface area contributed by atoms with Gasteiger partial charge in [-0.15, -0.1) is 0 Å². The van der Waals surface area contributed by atoms with E-state index in [1.807, 2.05) is 49.4 Å². The molecule has 0 spiro atoms. The molecule has 118 valence electrons. The Labute approximate surface area is 133 Å². The summed E-state index contributed by atoms with van der Waals surface area (Å²) in [5, 5.41) is 21.7. The number of carboxylic acid groups (broad SMARTS) is 1. The Morgan fingerprint density at radius 3 is 2.74 bits per heavy atom. The molecule has 1 amide bonds. The van der Waals surface area contributed by atoms with Crippen LogP contribution in [-0.2, 0) is 13.2 Å². The quantitative estimate of drug-likeness (QED) is 0.596. The molecule has 0 unspecified atom stereocenters. The van der Waals surface area contributed by atoms with Crippen molar-refractivity contribution in [2.24, 2.45) is 0 Å². The lowest BCUT2D eigenvalue weighted by Crippen LogP contribution is -2.19. The van der Waals surface area contributed by atoms with Gasteiger partial charge in [-0.2, -0.15) is 0 Å². The number of carbonyl (C=O) groups is 1. The van der Waals surface area contributed by atoms with E-state index in [4.69, 9.17) is 5.11 Å². The van der Waals surface area contributed by atoms with Crippen molar-refractivity contribution in [3.8, 4) is 11.3 Å². The van der Waals surface area contributed by atoms with E-state index in [9.17, 15) is 9.90 Å². The van der Waals surface area contributed by atoms with Gasteiger partial charge in [-0.1, -0.05) is 30.3 Å². The van der Waals surface area contributed by atoms with E-state index in [0.717, 1.165) is 38.9 Å². The van der Waals surface area contributed by atoms with Crippen LogP contribution in [0, 0.1) is 6.92 Å². The van der Waals surface area contributed by atoms with Gasteiger partial charge in [0.15, 0.2) is 0 Å². The molecule has 0 atom stereocenters. The number of H-pyrrole nitrogens is 1. The maximum atomic E-state index is 10.6. The summed E-state index contributed by atoms with van der Waals surface area (Å²) in [4.78, 5) is 14.0. The van der Waals surface area contributed by atoms with Crippen molar-refractivity contribution in [1.29, 1.82) is 0 Å². The Hall–Kier alpha value is -2.79. The average Bonchev–Trinajstić information content (AvgIpc) is 2.89. The van der Waals surface area contributed by atoms with Gasteiger partial charge in [0.1, 0.15) is 0 Å². The minimum Gasteiger partial charge on any atom is -0.465 e. The molecule has 23 heavy (non-hydrogen) atoms. The van der Waals surface area contributed by atoms with Crippen molar-refractivity contribution in [3.05, 3.63) is 59.2 Å². The molecule has 3 aromatic rings. The number of rotatable bonds is 4. The predicted octanol–water partition coefficient (Wildman–Crippen LogP) is 3.40. The van der Waals surface area contributed by atoms with Gasteiger partial charge in [0.25, 0.3) is 0 Å². The van der Waals surface area contributed by atoms with Crippen LogP contribution in [0.2, 0.25) is 0 Å². The van der Waals surface area contributed by atoms with Crippen LogP contribution in [-0.4, -0.2) is 21.3 Å². The molecule has 3 rings (SSSR count). The van der Waals surface area contributed by atoms with E-state index in [2.05, 4.69) is 10.3 Å². The normalized spacial score (nSPS) is 10.9. The molecule has 0 saturated heterocycles. The Kier molecular flexibility index (Phi) is 4.04. The lowest BCUT2D eigenvalue weighted by atomic mass is 10.0. The van der Waals surface area contributed by atoms with Gasteiger partial charge in [0, 0.05) is 28.7 Å². The van der Waals surface area contributed by atoms with Gasteiger partial charge >= 0.3 is 6.09 Å². The molecule has 0 aliphatic heterocycles. The fourth-order valence-corrected chi connectivity index (χ4v) is 2.83. The number of aliphatic hydroxyl groups excluding tert-OH is 1. The van der Waals surface area contributed by atoms with E-state index in [1.54, 1.807) is 0 Å². The van der Waals surface area contributed by atoms with Gasteiger partial charge in [-0.25, -0.2) is 4.79 Å². The first-order chi connectivity index (χ1) is 11.1. The van der Waals surface area contributed by atoms with Crippen LogP contribution in [0.25, 0.3) is 22.2 Å². The molecular formula is C18H18N2O3. The van der Waals surface area contributed by atoms with Crippen LogP contribution in [0.4, 0.5) is 4.79 Å². The molecule has 4 N–H and O–H groups in total. The first-order valence-corrected chi connectivity index (χ1v) is 7.37. The number of fused-ring (bicyclic) bond motifs is 1. The summed E-state index contributed by atoms with van der Waals surface area (Å²) in [5.74, 6) is 0. The highest BCUT2D eigenvalue weighted by molar-refractivity contribution is 5.91. The largest absolute Gasteiger partial charge is 0.465 e. The van der Waals surface area contributed by atoms with Crippen molar-refractivity contribution in [1.82, 2.24) is 10.3 Å². The van der Waals surface area contributed by atoms with Crippen molar-refractivity contribution >= 4 is 17.0 Å². The predicted molar refractivity (Wildman–Crippen MR) is 89.3 cm³/mol. The summed E-state index contributed by atoms with van der Waals surface area (Å²) in [6.07, 6.45) is -1.03. The minimum absolute atomic E-state index is 0.0151. The second-order valence-corrected chi connectivity index (χ2v) is 5.48. The number of benzene rings is 2. The minimum atomic E-state index is -1.03. The molecule has 0 aliphatic carbocycles. The highest BCUT2D eigenvalue weighted by Gasteiger charge is 2.12. The number of aromatic amines is 1. The Morgan fingerprint density at radius 1 is 1.22 bits per heavy atom. The molecular weight excluding hydrogens is 292 g/mol. The number of hydrogen-bond donors (Lipinski definition) is 4. The molecule has 1 heterocycles. The zero-order valence-electron chi connectivity index (χ0n) is 12.8. The fourth-order valence-electron chi connectivity index (χ4n) is 2.83. The molecule has 0 saturated carbocycles. The Morgan fingerprint density at radius 2 is 2.00 bits per heavy atom. The lowest BCUT2D eigenvalue weighted by molar-refractivity contribution is 0.194. The molecule has 0 radical (unpaired) electrons. The first-order valence-electron chi connectivity index (χ1n) is 7.37. The summed E-state index contributed by atoms with van der Waals surface area (Å²) < 4.78 is 0. The smallest absolute Gasteiger partial charge is 0.404 e. The number of aryl methyl sites for hydroxylation is 1. The summed E-state index contributed by atoms with van der Waals surface area (Å²) in [7, 11) is 0. The second kappa shape index (κ2) is 6.14. The number of amides is 1. The SMILES string of the molecule is Cc1c(-c2ccccc2CO)[nH]c2ccc(CNC(=O)O)cc12. The molecule has 2 aromatic carbocycles. The monoisotopic (exact) mass is 310 g/mol. The van der Waals surface area contributed by atoms with E-state index in [0.29, 0.717) is 0 Å². The van der Waals surface area contributed by atoms with Crippen molar-refractivity contribution in [3.63, 3.8) is 0 Å². The van der Waals surface area contributed by atoms with E-state index < -0.39 is 6.09 Å². The topological polar surface area (TPSA) is 85.4 Å². The van der Waals surface area contributed by atoms with Crippen LogP contribution in [0.5, 0.6) is 0 Å². The highest BCUT2D eigenvalue weighted by Crippen LogP contribution is 2.32. The molecule has 5 nitrogen and oxygen atoms in total. The van der Waals surface area contributed by atoms with Gasteiger partial charge in [0.05, 0.1) is 6.61 Å². The molecule has 0 bridgehead atoms. The average molecular weight is 310 g/mol. The fraction of sp³-hybridized carbons (Fsp3) is 0.167. The summed E-state index contributed by atoms with van der Waals surface area (Å²) in [6.45, 7) is 2.29. The maximum absolute atomic E-state index is 10.6. The molecule has 5 heteroatoms. The molecule has 1 aromatic heterocycles. The zero-order chi connectivity index (χ0) is 16.4. The van der Waals surface area contributed by atoms with Crippen LogP contribution in [0.15, 0.2) is 42.5 Å². The van der Waals surface area contributed by atoms with Crippen LogP contribution >= 0.6 is 0 Å². The summed E-state index contributed by atoms with van der Waals surface area (Å²) in [5.41, 5.74) is 5.81. The summed E-state index contributed by atoms with van der Waals surface area (Å²) in [6, 6.07) is 13.6. The third-order valence-corrected chi connectivity index (χ3v) is 4.02. The third-order valence-electron chi connectivity index (χ3n) is 4.02. The van der Waals surface area contributed by atoms with Gasteiger partial charge in [-0.05, 0) is 35.7 Å². The standard InChI is InChI=1S/C18H18N2O3/c1-11-15-8-12(9-19-18(22)23)6-7-16(15)20-17(11)14-5-3-2-4-13(14)10-21/h2-8,19-21H,9-10H2,1H3,(H,22,23). The van der Waals surface area contributed by atoms with Crippen molar-refractivity contribution in [2.75, 3.05) is 0 Å². The summed E-state index contributed by atoms with van der Waals surface area (Å²) >= 11 is 0. The number of nitrogens with one attached hydrogen (secondary N) is 2. The number of aromatic nitrogens is 1. The van der Waals surface area contributed by atoms with Crippen molar-refractivity contribution in [2.45, 2.75) is 20.1 Å². The first kappa shape index (κ1) is 15.1. The molecule has 0 fully saturated rings. The van der Waals surface area contributed by atoms with Crippen LogP contribution < -0.4 is 5.32 Å². The highest BCUT2D eigenvalue weighted by atomic mass is 16.4. The zero-order valence-corrected chi connectivity index (χ0v) is 12.8. The Bertz CT molecular complexity index is 868. The van der Waals surface area contributed by atoms with Crippen LogP contribution in [0.3, 0.4) is 0 Å². The van der Waals surface area contributed by atoms with Gasteiger partial charge < -0.3 is 20.5 Å². The number of aliphatic hydroxyl groups is 1. The Balaban J connectivity index is 2.06.